The number of fused-ring (bicyclic) bond motifs is 20. The van der Waals surface area contributed by atoms with Gasteiger partial charge in [0.2, 0.25) is 0 Å². The smallest absolute Gasteiger partial charge is 0.0720 e. The molecule has 4 aliphatic rings. The first kappa shape index (κ1) is 71.8. The van der Waals surface area contributed by atoms with Gasteiger partial charge in [-0.15, -0.1) is 0 Å². The summed E-state index contributed by atoms with van der Waals surface area (Å²) in [7, 11) is 0. The lowest BCUT2D eigenvalue weighted by atomic mass is 9.51. The van der Waals surface area contributed by atoms with Crippen molar-refractivity contribution in [1.82, 2.24) is 0 Å². The van der Waals surface area contributed by atoms with Crippen LogP contribution in [0.5, 0.6) is 0 Å². The van der Waals surface area contributed by atoms with Crippen LogP contribution in [0.4, 0.5) is 34.1 Å². The maximum atomic E-state index is 2.51. The van der Waals surface area contributed by atoms with E-state index in [1.165, 1.54) is 155 Å². The number of nitrogens with zero attached hydrogens (tertiary/aromatic N) is 2. The van der Waals surface area contributed by atoms with Crippen molar-refractivity contribution in [2.75, 3.05) is 9.80 Å². The summed E-state index contributed by atoms with van der Waals surface area (Å²) >= 11 is 0. The lowest BCUT2D eigenvalue weighted by molar-refractivity contribution is 0.623. The third-order valence-corrected chi connectivity index (χ3v) is 26.8. The monoisotopic (exact) mass is 1550 g/mol. The summed E-state index contributed by atoms with van der Waals surface area (Å²) in [5.74, 6) is 0. The van der Waals surface area contributed by atoms with Gasteiger partial charge in [-0.1, -0.05) is 431 Å². The fourth-order valence-electron chi connectivity index (χ4n) is 21.9. The highest BCUT2D eigenvalue weighted by atomic mass is 15.2. The van der Waals surface area contributed by atoms with Crippen molar-refractivity contribution in [1.29, 1.82) is 0 Å². The lowest BCUT2D eigenvalue weighted by Crippen LogP contribution is -2.44. The van der Waals surface area contributed by atoms with Crippen molar-refractivity contribution in [3.05, 3.63) is 586 Å². The van der Waals surface area contributed by atoms with Crippen LogP contribution in [0, 0.1) is 0 Å². The zero-order valence-electron chi connectivity index (χ0n) is 67.2. The summed E-state index contributed by atoms with van der Waals surface area (Å²) in [5, 5.41) is 4.89. The summed E-state index contributed by atoms with van der Waals surface area (Å²) in [6.07, 6.45) is 0. The highest BCUT2D eigenvalue weighted by molar-refractivity contribution is 5.98. The first-order chi connectivity index (χ1) is 60.5. The first-order valence-electron chi connectivity index (χ1n) is 42.5. The highest BCUT2D eigenvalue weighted by Gasteiger charge is 2.59. The Morgan fingerprint density at radius 3 is 0.770 bits per heavy atom. The zero-order valence-corrected chi connectivity index (χ0v) is 67.2. The van der Waals surface area contributed by atoms with E-state index in [-0.39, 0.29) is 0 Å². The Kier molecular flexibility index (Phi) is 17.2. The van der Waals surface area contributed by atoms with Crippen molar-refractivity contribution in [3.63, 3.8) is 0 Å². The molecular weight excluding hydrogens is 1470 g/mol. The van der Waals surface area contributed by atoms with Crippen molar-refractivity contribution in [3.8, 4) is 44.5 Å². The quantitative estimate of drug-likeness (QED) is 0.120. The molecule has 572 valence electrons. The molecule has 0 bridgehead atoms. The molecule has 24 rings (SSSR count). The number of anilines is 6. The van der Waals surface area contributed by atoms with E-state index < -0.39 is 21.7 Å². The van der Waals surface area contributed by atoms with Gasteiger partial charge in [0.25, 0.3) is 0 Å². The topological polar surface area (TPSA) is 6.48 Å². The maximum absolute atomic E-state index is 2.51. The minimum Gasteiger partial charge on any atom is -0.310 e. The molecule has 0 unspecified atom stereocenters. The number of para-hydroxylation sites is 1. The highest BCUT2D eigenvalue weighted by Crippen LogP contribution is 2.68. The Morgan fingerprint density at radius 2 is 0.385 bits per heavy atom. The van der Waals surface area contributed by atoms with Crippen LogP contribution in [0.1, 0.15) is 89.0 Å². The van der Waals surface area contributed by atoms with Crippen molar-refractivity contribution < 1.29 is 0 Å². The number of rotatable bonds is 12. The van der Waals surface area contributed by atoms with Gasteiger partial charge in [0.1, 0.15) is 0 Å². The molecule has 20 aromatic rings. The molecular formula is C120H82N2. The van der Waals surface area contributed by atoms with Crippen LogP contribution in [-0.2, 0) is 21.7 Å². The largest absolute Gasteiger partial charge is 0.310 e. The van der Waals surface area contributed by atoms with E-state index in [9.17, 15) is 0 Å². The minimum absolute atomic E-state index is 0.543. The maximum Gasteiger partial charge on any atom is 0.0720 e. The predicted octanol–water partition coefficient (Wildman–Crippen LogP) is 30.1. The summed E-state index contributed by atoms with van der Waals surface area (Å²) in [6, 6.07) is 185. The van der Waals surface area contributed by atoms with Gasteiger partial charge in [-0.3, -0.25) is 0 Å². The molecule has 2 nitrogen and oxygen atoms in total. The Balaban J connectivity index is 0.000000142. The van der Waals surface area contributed by atoms with Crippen LogP contribution in [0.15, 0.2) is 497 Å². The molecule has 4 aliphatic carbocycles. The predicted molar refractivity (Wildman–Crippen MR) is 506 cm³/mol. The second-order valence-corrected chi connectivity index (χ2v) is 32.7. The number of hydrogen-bond acceptors (Lipinski definition) is 2. The lowest BCUT2D eigenvalue weighted by Gasteiger charge is -2.50. The molecule has 20 aromatic carbocycles. The fourth-order valence-corrected chi connectivity index (χ4v) is 21.9. The van der Waals surface area contributed by atoms with Gasteiger partial charge in [0, 0.05) is 34.0 Å². The van der Waals surface area contributed by atoms with E-state index in [0.29, 0.717) is 0 Å². The summed E-state index contributed by atoms with van der Waals surface area (Å²) in [4.78, 5) is 4.92. The Morgan fingerprint density at radius 1 is 0.131 bits per heavy atom. The van der Waals surface area contributed by atoms with E-state index in [1.54, 1.807) is 0 Å². The van der Waals surface area contributed by atoms with Gasteiger partial charge < -0.3 is 9.80 Å². The van der Waals surface area contributed by atoms with Crippen LogP contribution in [-0.4, -0.2) is 0 Å². The molecule has 0 radical (unpaired) electrons. The van der Waals surface area contributed by atoms with Crippen LogP contribution in [0.2, 0.25) is 0 Å². The van der Waals surface area contributed by atoms with Crippen LogP contribution in [0.3, 0.4) is 0 Å². The van der Waals surface area contributed by atoms with Crippen molar-refractivity contribution >= 4 is 55.7 Å². The molecule has 0 heterocycles. The van der Waals surface area contributed by atoms with Crippen molar-refractivity contribution in [2.45, 2.75) is 21.7 Å². The average Bonchev–Trinajstić information content (AvgIpc) is 1.41. The zero-order chi connectivity index (χ0) is 80.8. The van der Waals surface area contributed by atoms with Crippen LogP contribution < -0.4 is 9.80 Å². The second kappa shape index (κ2) is 29.2. The molecule has 0 N–H and O–H groups in total. The third-order valence-electron chi connectivity index (χ3n) is 26.8. The standard InChI is InChI=1S/C62H43N.C58H39N/c1-5-21-44(22-6-1)45-37-39-49(40-38-45)63(60-36-20-14-29-51(60)46-23-7-2-8-24-46)50-41-42-53-52-30-13-15-31-54(52)62(59(53)43-50)57-34-18-16-32-55(57)61(47-25-9-3-10-26-47,48-27-11-4-12-28-48)56-33-17-19-35-58(56)62;1-3-21-44(22-4-1)57(45-23-5-2-6-24-45)52-27-13-15-29-54(52)58(55-30-16-14-28-53(55)57)51-26-12-11-25-49(51)50-36-35-48(39-56(50)58)59(46-33-31-40-17-7-9-19-42(40)37-46)47-34-32-41-18-8-10-20-43(41)38-47/h1-43H;1-39H. The first-order valence-corrected chi connectivity index (χ1v) is 42.5. The Labute approximate surface area is 713 Å². The summed E-state index contributed by atoms with van der Waals surface area (Å²) in [5.41, 5.74) is 35.0. The van der Waals surface area contributed by atoms with Gasteiger partial charge in [0.15, 0.2) is 0 Å². The average molecular weight is 1550 g/mol. The Bertz CT molecular complexity index is 7120. The molecule has 0 amide bonds. The fraction of sp³-hybridized carbons (Fsp3) is 0.0333. The van der Waals surface area contributed by atoms with E-state index >= 15 is 0 Å². The third kappa shape index (κ3) is 10.8. The molecule has 0 aliphatic heterocycles. The van der Waals surface area contributed by atoms with Gasteiger partial charge in [-0.05, 0) is 216 Å². The van der Waals surface area contributed by atoms with E-state index in [4.69, 9.17) is 0 Å². The molecule has 0 aromatic heterocycles. The van der Waals surface area contributed by atoms with Gasteiger partial charge in [-0.25, -0.2) is 0 Å². The minimum atomic E-state index is -0.607. The van der Waals surface area contributed by atoms with Crippen LogP contribution >= 0.6 is 0 Å². The second-order valence-electron chi connectivity index (χ2n) is 32.7. The van der Waals surface area contributed by atoms with Crippen LogP contribution in [0.25, 0.3) is 66.1 Å². The van der Waals surface area contributed by atoms with E-state index in [2.05, 4.69) is 507 Å². The van der Waals surface area contributed by atoms with Crippen molar-refractivity contribution in [2.24, 2.45) is 0 Å². The molecule has 2 spiro atoms. The molecule has 0 saturated heterocycles. The summed E-state index contributed by atoms with van der Waals surface area (Å²) in [6.45, 7) is 0. The van der Waals surface area contributed by atoms with E-state index in [1.807, 2.05) is 0 Å². The van der Waals surface area contributed by atoms with E-state index in [0.717, 1.165) is 34.1 Å². The number of benzene rings is 20. The number of hydrogen-bond donors (Lipinski definition) is 0. The Hall–Kier alpha value is -15.5. The van der Waals surface area contributed by atoms with Gasteiger partial charge in [0.05, 0.1) is 27.3 Å². The molecule has 0 atom stereocenters. The molecule has 0 fully saturated rings. The summed E-state index contributed by atoms with van der Waals surface area (Å²) < 4.78 is 0. The van der Waals surface area contributed by atoms with Gasteiger partial charge >= 0.3 is 0 Å². The molecule has 0 saturated carbocycles. The molecule has 2 heteroatoms. The SMILES string of the molecule is c1ccc(-c2ccc(N(c3ccc4c(c3)C3(c5ccccc5-4)c4ccccc4C(c4ccccc4)(c4ccccc4)c4ccccc43)c3ccccc3-c3ccccc3)cc2)cc1.c1ccc(C2(c3ccccc3)c3ccccc3C3(c4ccccc4-c4ccc(N(c5ccc6ccccc6c5)c5ccc6ccccc6c5)cc43)c3ccccc32)cc1. The molecule has 122 heavy (non-hydrogen) atoms. The normalized spacial score (nSPS) is 13.8. The van der Waals surface area contributed by atoms with Gasteiger partial charge in [-0.2, -0.15) is 0 Å².